The fourth-order valence-corrected chi connectivity index (χ4v) is 4.49. The zero-order chi connectivity index (χ0) is 24.9. The predicted octanol–water partition coefficient (Wildman–Crippen LogP) is 6.58. The van der Waals surface area contributed by atoms with E-state index in [1.54, 1.807) is 24.3 Å². The highest BCUT2D eigenvalue weighted by Gasteiger charge is 2.34. The van der Waals surface area contributed by atoms with E-state index in [-0.39, 0.29) is 24.4 Å². The second-order valence-corrected chi connectivity index (χ2v) is 8.88. The maximum absolute atomic E-state index is 12.6. The Labute approximate surface area is 215 Å². The molecule has 0 bridgehead atoms. The maximum Gasteiger partial charge on any atom is 0.261 e. The topological polar surface area (TPSA) is 49.4 Å². The largest absolute Gasteiger partial charge is 0.373 e. The summed E-state index contributed by atoms with van der Waals surface area (Å²) in [7, 11) is 0. The van der Waals surface area contributed by atoms with Gasteiger partial charge in [-0.1, -0.05) is 96.2 Å². The monoisotopic (exact) mass is 490 g/mol. The SMILES string of the molecule is O=C1c2ccccc2C(=O)N1CCC#Cc1cc(Cl)ccc1NC(c1ccccc1)c1ccccc1. The zero-order valence-electron chi connectivity index (χ0n) is 19.4. The molecule has 5 rings (SSSR count). The van der Waals surface area contributed by atoms with Gasteiger partial charge < -0.3 is 5.32 Å². The molecule has 2 amide bonds. The van der Waals surface area contributed by atoms with Crippen molar-refractivity contribution in [1.82, 2.24) is 4.90 Å². The Kier molecular flexibility index (Phi) is 6.84. The van der Waals surface area contributed by atoms with Crippen molar-refractivity contribution in [2.24, 2.45) is 0 Å². The summed E-state index contributed by atoms with van der Waals surface area (Å²) >= 11 is 6.30. The Balaban J connectivity index is 1.36. The molecule has 0 aliphatic carbocycles. The Hall–Kier alpha value is -4.33. The number of benzene rings is 4. The molecule has 4 aromatic rings. The van der Waals surface area contributed by atoms with Crippen molar-refractivity contribution in [3.05, 3.63) is 136 Å². The van der Waals surface area contributed by atoms with Crippen LogP contribution in [0.4, 0.5) is 5.69 Å². The molecule has 0 fully saturated rings. The molecule has 0 aromatic heterocycles. The summed E-state index contributed by atoms with van der Waals surface area (Å²) in [6, 6.07) is 32.9. The Morgan fingerprint density at radius 1 is 0.750 bits per heavy atom. The fourth-order valence-electron chi connectivity index (χ4n) is 4.32. The van der Waals surface area contributed by atoms with Crippen LogP contribution in [0.3, 0.4) is 0 Å². The third-order valence-corrected chi connectivity index (χ3v) is 6.34. The van der Waals surface area contributed by atoms with Gasteiger partial charge in [-0.15, -0.1) is 0 Å². The second kappa shape index (κ2) is 10.5. The van der Waals surface area contributed by atoms with Gasteiger partial charge in [0.1, 0.15) is 0 Å². The van der Waals surface area contributed by atoms with E-state index in [1.165, 1.54) is 4.90 Å². The Morgan fingerprint density at radius 3 is 1.89 bits per heavy atom. The van der Waals surface area contributed by atoms with Crippen LogP contribution >= 0.6 is 11.6 Å². The number of nitrogens with zero attached hydrogens (tertiary/aromatic N) is 1. The van der Waals surface area contributed by atoms with E-state index in [4.69, 9.17) is 11.6 Å². The number of imide groups is 1. The van der Waals surface area contributed by atoms with E-state index in [1.807, 2.05) is 54.6 Å². The van der Waals surface area contributed by atoms with Crippen molar-refractivity contribution in [2.45, 2.75) is 12.5 Å². The van der Waals surface area contributed by atoms with Gasteiger partial charge in [-0.3, -0.25) is 14.5 Å². The van der Waals surface area contributed by atoms with Gasteiger partial charge >= 0.3 is 0 Å². The molecule has 0 radical (unpaired) electrons. The Bertz CT molecular complexity index is 1400. The standard InChI is InChI=1S/C31H23ClN2O2/c32-25-18-19-28(33-29(22-11-3-1-4-12-22)23-13-5-2-6-14-23)24(21-25)15-9-10-20-34-30(35)26-16-7-8-17-27(26)31(34)36/h1-8,11-14,16-19,21,29,33H,10,20H2. The van der Waals surface area contributed by atoms with Crippen molar-refractivity contribution in [1.29, 1.82) is 0 Å². The molecule has 0 saturated heterocycles. The quantitative estimate of drug-likeness (QED) is 0.245. The summed E-state index contributed by atoms with van der Waals surface area (Å²) in [5.74, 6) is 5.78. The van der Waals surface area contributed by atoms with Gasteiger partial charge in [-0.2, -0.15) is 0 Å². The lowest BCUT2D eigenvalue weighted by atomic mass is 9.98. The number of anilines is 1. The highest BCUT2D eigenvalue weighted by molar-refractivity contribution is 6.30. The summed E-state index contributed by atoms with van der Waals surface area (Å²) in [6.45, 7) is 0.235. The molecule has 1 aliphatic heterocycles. The number of nitrogens with one attached hydrogen (secondary N) is 1. The first-order chi connectivity index (χ1) is 17.6. The van der Waals surface area contributed by atoms with E-state index in [9.17, 15) is 9.59 Å². The number of carbonyl (C=O) groups excluding carboxylic acids is 2. The van der Waals surface area contributed by atoms with Gasteiger partial charge in [0.05, 0.1) is 22.9 Å². The van der Waals surface area contributed by atoms with Gasteiger partial charge in [0.25, 0.3) is 11.8 Å². The molecule has 176 valence electrons. The van der Waals surface area contributed by atoms with E-state index in [2.05, 4.69) is 41.4 Å². The first kappa shape index (κ1) is 23.4. The molecular weight excluding hydrogens is 468 g/mol. The number of hydrogen-bond acceptors (Lipinski definition) is 3. The third kappa shape index (κ3) is 4.88. The molecular formula is C31H23ClN2O2. The lowest BCUT2D eigenvalue weighted by Crippen LogP contribution is -2.30. The lowest BCUT2D eigenvalue weighted by Gasteiger charge is -2.22. The number of hydrogen-bond donors (Lipinski definition) is 1. The van der Waals surface area contributed by atoms with Crippen LogP contribution < -0.4 is 5.32 Å². The van der Waals surface area contributed by atoms with Crippen LogP contribution in [0.25, 0.3) is 0 Å². The van der Waals surface area contributed by atoms with Gasteiger partial charge in [0.2, 0.25) is 0 Å². The summed E-state index contributed by atoms with van der Waals surface area (Å²) in [5.41, 5.74) is 4.76. The minimum atomic E-state index is -0.268. The van der Waals surface area contributed by atoms with Crippen LogP contribution in [0.2, 0.25) is 5.02 Å². The van der Waals surface area contributed by atoms with Crippen LogP contribution in [0.15, 0.2) is 103 Å². The summed E-state index contributed by atoms with van der Waals surface area (Å²) < 4.78 is 0. The molecule has 5 heteroatoms. The third-order valence-electron chi connectivity index (χ3n) is 6.11. The summed E-state index contributed by atoms with van der Waals surface area (Å²) in [4.78, 5) is 26.4. The van der Waals surface area contributed by atoms with E-state index in [0.29, 0.717) is 22.6 Å². The maximum atomic E-state index is 12.6. The van der Waals surface area contributed by atoms with E-state index in [0.717, 1.165) is 22.4 Å². The summed E-state index contributed by atoms with van der Waals surface area (Å²) in [6.07, 6.45) is 0.359. The number of rotatable bonds is 6. The molecule has 1 aliphatic rings. The molecule has 0 spiro atoms. The van der Waals surface area contributed by atoms with Crippen molar-refractivity contribution < 1.29 is 9.59 Å². The molecule has 0 atom stereocenters. The number of amides is 2. The first-order valence-corrected chi connectivity index (χ1v) is 12.1. The van der Waals surface area contributed by atoms with E-state index >= 15 is 0 Å². The minimum Gasteiger partial charge on any atom is -0.373 e. The number of fused-ring (bicyclic) bond motifs is 1. The summed E-state index contributed by atoms with van der Waals surface area (Å²) in [5, 5.41) is 4.22. The van der Waals surface area contributed by atoms with Crippen molar-refractivity contribution >= 4 is 29.1 Å². The van der Waals surface area contributed by atoms with Gasteiger partial charge in [0, 0.05) is 23.6 Å². The highest BCUT2D eigenvalue weighted by atomic mass is 35.5. The Morgan fingerprint density at radius 2 is 1.31 bits per heavy atom. The molecule has 1 N–H and O–H groups in total. The van der Waals surface area contributed by atoms with Crippen LogP contribution in [0.5, 0.6) is 0 Å². The fraction of sp³-hybridized carbons (Fsp3) is 0.0968. The second-order valence-electron chi connectivity index (χ2n) is 8.45. The van der Waals surface area contributed by atoms with Crippen molar-refractivity contribution in [2.75, 3.05) is 11.9 Å². The molecule has 4 aromatic carbocycles. The first-order valence-electron chi connectivity index (χ1n) is 11.7. The van der Waals surface area contributed by atoms with Crippen LogP contribution in [0.1, 0.15) is 49.9 Å². The lowest BCUT2D eigenvalue weighted by molar-refractivity contribution is 0.0658. The molecule has 0 saturated carbocycles. The van der Waals surface area contributed by atoms with Crippen LogP contribution in [0, 0.1) is 11.8 Å². The molecule has 36 heavy (non-hydrogen) atoms. The normalized spacial score (nSPS) is 12.3. The van der Waals surface area contributed by atoms with Crippen molar-refractivity contribution in [3.63, 3.8) is 0 Å². The van der Waals surface area contributed by atoms with Crippen LogP contribution in [-0.4, -0.2) is 23.3 Å². The molecule has 0 unspecified atom stereocenters. The number of carbonyl (C=O) groups is 2. The molecule has 1 heterocycles. The van der Waals surface area contributed by atoms with Gasteiger partial charge in [-0.25, -0.2) is 0 Å². The average molecular weight is 491 g/mol. The van der Waals surface area contributed by atoms with Gasteiger partial charge in [-0.05, 0) is 41.5 Å². The van der Waals surface area contributed by atoms with E-state index < -0.39 is 0 Å². The predicted molar refractivity (Wildman–Crippen MR) is 143 cm³/mol. The minimum absolute atomic E-state index is 0.0764. The zero-order valence-corrected chi connectivity index (χ0v) is 20.2. The van der Waals surface area contributed by atoms with Crippen molar-refractivity contribution in [3.8, 4) is 11.8 Å². The number of halogens is 1. The van der Waals surface area contributed by atoms with Gasteiger partial charge in [0.15, 0.2) is 0 Å². The molecule has 4 nitrogen and oxygen atoms in total. The highest BCUT2D eigenvalue weighted by Crippen LogP contribution is 2.29. The van der Waals surface area contributed by atoms with Crippen LogP contribution in [-0.2, 0) is 0 Å². The smallest absolute Gasteiger partial charge is 0.261 e. The average Bonchev–Trinajstić information content (AvgIpc) is 3.16.